The van der Waals surface area contributed by atoms with Gasteiger partial charge in [0.15, 0.2) is 0 Å². The van der Waals surface area contributed by atoms with Crippen LogP contribution in [-0.2, 0) is 19.1 Å². The molecule has 2 aliphatic rings. The molecule has 0 unspecified atom stereocenters. The average Bonchev–Trinajstić information content (AvgIpc) is 3.32. The zero-order valence-electron chi connectivity index (χ0n) is 19.2. The van der Waals surface area contributed by atoms with E-state index in [2.05, 4.69) is 5.32 Å². The predicted octanol–water partition coefficient (Wildman–Crippen LogP) is 3.34. The van der Waals surface area contributed by atoms with Crippen molar-refractivity contribution in [3.05, 3.63) is 59.9 Å². The maximum Gasteiger partial charge on any atom is 0.326 e. The molecule has 180 valence electrons. The SMILES string of the molecule is CCOc1ccc(N2C(=O)[C@H]3[C@@H](c4ccccc4F)N[C@@](CCSC)(C(=O)OC)[C@@H]3C2=O)cc1. The van der Waals surface area contributed by atoms with Gasteiger partial charge < -0.3 is 9.47 Å². The molecule has 2 amide bonds. The lowest BCUT2D eigenvalue weighted by Crippen LogP contribution is -2.56. The first-order valence-electron chi connectivity index (χ1n) is 11.1. The normalized spacial score (nSPS) is 26.0. The van der Waals surface area contributed by atoms with Crippen LogP contribution in [-0.4, -0.2) is 49.0 Å². The van der Waals surface area contributed by atoms with Gasteiger partial charge in [0.25, 0.3) is 0 Å². The van der Waals surface area contributed by atoms with Gasteiger partial charge in [-0.25, -0.2) is 9.29 Å². The molecule has 0 aliphatic carbocycles. The molecular formula is C25H27FN2O5S. The third kappa shape index (κ3) is 3.86. The number of rotatable bonds is 8. The molecule has 2 saturated heterocycles. The summed E-state index contributed by atoms with van der Waals surface area (Å²) >= 11 is 1.51. The maximum absolute atomic E-state index is 14.9. The Hall–Kier alpha value is -2.91. The summed E-state index contributed by atoms with van der Waals surface area (Å²) < 4.78 is 25.4. The molecule has 0 saturated carbocycles. The van der Waals surface area contributed by atoms with Gasteiger partial charge in [-0.1, -0.05) is 18.2 Å². The number of hydrogen-bond acceptors (Lipinski definition) is 7. The van der Waals surface area contributed by atoms with Gasteiger partial charge in [-0.3, -0.25) is 19.7 Å². The molecule has 2 aliphatic heterocycles. The van der Waals surface area contributed by atoms with Gasteiger partial charge in [-0.15, -0.1) is 0 Å². The van der Waals surface area contributed by atoms with E-state index in [1.165, 1.54) is 24.9 Å². The summed E-state index contributed by atoms with van der Waals surface area (Å²) in [6, 6.07) is 11.9. The molecule has 2 heterocycles. The monoisotopic (exact) mass is 486 g/mol. The summed E-state index contributed by atoms with van der Waals surface area (Å²) in [5.41, 5.74) is -0.840. The van der Waals surface area contributed by atoms with E-state index in [-0.39, 0.29) is 12.0 Å². The number of carbonyl (C=O) groups excluding carboxylic acids is 3. The summed E-state index contributed by atoms with van der Waals surface area (Å²) in [6.45, 7) is 2.34. The molecule has 9 heteroatoms. The quantitative estimate of drug-likeness (QED) is 0.453. The average molecular weight is 487 g/mol. The summed E-state index contributed by atoms with van der Waals surface area (Å²) in [5, 5.41) is 3.19. The third-order valence-corrected chi connectivity index (χ3v) is 7.16. The van der Waals surface area contributed by atoms with Crippen molar-refractivity contribution in [1.29, 1.82) is 0 Å². The molecule has 2 aromatic rings. The van der Waals surface area contributed by atoms with E-state index in [1.807, 2.05) is 13.2 Å². The topological polar surface area (TPSA) is 84.9 Å². The molecule has 2 aromatic carbocycles. The molecule has 0 bridgehead atoms. The number of esters is 1. The van der Waals surface area contributed by atoms with Crippen LogP contribution in [0.3, 0.4) is 0 Å². The minimum Gasteiger partial charge on any atom is -0.494 e. The Bertz CT molecular complexity index is 1090. The van der Waals surface area contributed by atoms with Crippen LogP contribution in [0.1, 0.15) is 24.9 Å². The number of halogens is 1. The van der Waals surface area contributed by atoms with Crippen molar-refractivity contribution in [2.45, 2.75) is 24.9 Å². The number of nitrogens with one attached hydrogen (secondary N) is 1. The second-order valence-electron chi connectivity index (χ2n) is 8.29. The molecular weight excluding hydrogens is 459 g/mol. The minimum atomic E-state index is -1.46. The lowest BCUT2D eigenvalue weighted by Gasteiger charge is -2.32. The van der Waals surface area contributed by atoms with Crippen molar-refractivity contribution in [2.24, 2.45) is 11.8 Å². The second-order valence-corrected chi connectivity index (χ2v) is 9.28. The Labute approximate surface area is 202 Å². The van der Waals surface area contributed by atoms with Crippen molar-refractivity contribution in [2.75, 3.05) is 30.6 Å². The molecule has 7 nitrogen and oxygen atoms in total. The Morgan fingerprint density at radius 3 is 2.47 bits per heavy atom. The molecule has 4 atom stereocenters. The smallest absolute Gasteiger partial charge is 0.326 e. The van der Waals surface area contributed by atoms with Gasteiger partial charge in [-0.05, 0) is 55.7 Å². The lowest BCUT2D eigenvalue weighted by molar-refractivity contribution is -0.152. The van der Waals surface area contributed by atoms with Crippen LogP contribution in [0, 0.1) is 17.7 Å². The third-order valence-electron chi connectivity index (χ3n) is 6.55. The first-order chi connectivity index (χ1) is 16.4. The zero-order valence-corrected chi connectivity index (χ0v) is 20.1. The Kier molecular flexibility index (Phi) is 6.95. The summed E-state index contributed by atoms with van der Waals surface area (Å²) in [4.78, 5) is 41.8. The number of hydrogen-bond donors (Lipinski definition) is 1. The molecule has 0 radical (unpaired) electrons. The number of imide groups is 1. The minimum absolute atomic E-state index is 0.238. The van der Waals surface area contributed by atoms with E-state index in [0.29, 0.717) is 23.8 Å². The second kappa shape index (κ2) is 9.76. The van der Waals surface area contributed by atoms with Gasteiger partial charge in [-0.2, -0.15) is 11.8 Å². The van der Waals surface area contributed by atoms with Crippen LogP contribution in [0.5, 0.6) is 5.75 Å². The number of carbonyl (C=O) groups is 3. The molecule has 34 heavy (non-hydrogen) atoms. The van der Waals surface area contributed by atoms with Crippen LogP contribution in [0.2, 0.25) is 0 Å². The van der Waals surface area contributed by atoms with Gasteiger partial charge in [0.2, 0.25) is 11.8 Å². The summed E-state index contributed by atoms with van der Waals surface area (Å²) in [5.74, 6) is -2.96. The largest absolute Gasteiger partial charge is 0.494 e. The van der Waals surface area contributed by atoms with Crippen LogP contribution in [0.25, 0.3) is 0 Å². The van der Waals surface area contributed by atoms with E-state index in [0.717, 1.165) is 4.90 Å². The number of nitrogens with zero attached hydrogens (tertiary/aromatic N) is 1. The lowest BCUT2D eigenvalue weighted by atomic mass is 9.78. The van der Waals surface area contributed by atoms with Crippen molar-refractivity contribution in [3.8, 4) is 5.75 Å². The Balaban J connectivity index is 1.83. The van der Waals surface area contributed by atoms with Crippen LogP contribution in [0.4, 0.5) is 10.1 Å². The van der Waals surface area contributed by atoms with Crippen LogP contribution < -0.4 is 15.0 Å². The maximum atomic E-state index is 14.9. The van der Waals surface area contributed by atoms with E-state index < -0.39 is 47.0 Å². The van der Waals surface area contributed by atoms with Crippen molar-refractivity contribution >= 4 is 35.2 Å². The highest BCUT2D eigenvalue weighted by atomic mass is 32.2. The number of anilines is 1. The highest BCUT2D eigenvalue weighted by Crippen LogP contribution is 2.51. The summed E-state index contributed by atoms with van der Waals surface area (Å²) in [7, 11) is 1.25. The fraction of sp³-hybridized carbons (Fsp3) is 0.400. The van der Waals surface area contributed by atoms with Gasteiger partial charge in [0.1, 0.15) is 17.1 Å². The van der Waals surface area contributed by atoms with Crippen molar-refractivity contribution in [3.63, 3.8) is 0 Å². The standard InChI is InChI=1S/C25H27FN2O5S/c1-4-33-16-11-9-15(10-12-16)28-22(29)19-20(23(28)30)25(13-14-34-3,24(31)32-2)27-21(19)17-7-5-6-8-18(17)26/h5-12,19-21,27H,4,13-14H2,1-3H3/t19-,20+,21-,25-/m1/s1. The molecule has 2 fully saturated rings. The summed E-state index contributed by atoms with van der Waals surface area (Å²) in [6.07, 6.45) is 2.14. The molecule has 0 spiro atoms. The first kappa shape index (κ1) is 24.2. The van der Waals surface area contributed by atoms with E-state index in [9.17, 15) is 18.8 Å². The van der Waals surface area contributed by atoms with Gasteiger partial charge in [0, 0.05) is 11.6 Å². The van der Waals surface area contributed by atoms with E-state index in [1.54, 1.807) is 42.5 Å². The number of benzene rings is 2. The number of ether oxygens (including phenoxy) is 2. The van der Waals surface area contributed by atoms with E-state index >= 15 is 0 Å². The Morgan fingerprint density at radius 2 is 1.85 bits per heavy atom. The number of amides is 2. The number of fused-ring (bicyclic) bond motifs is 1. The van der Waals surface area contributed by atoms with Crippen molar-refractivity contribution in [1.82, 2.24) is 5.32 Å². The number of methoxy groups -OCH3 is 1. The highest BCUT2D eigenvalue weighted by molar-refractivity contribution is 7.98. The van der Waals surface area contributed by atoms with E-state index in [4.69, 9.17) is 9.47 Å². The molecule has 1 N–H and O–H groups in total. The Morgan fingerprint density at radius 1 is 1.15 bits per heavy atom. The highest BCUT2D eigenvalue weighted by Gasteiger charge is 2.68. The van der Waals surface area contributed by atoms with Gasteiger partial charge >= 0.3 is 5.97 Å². The van der Waals surface area contributed by atoms with Crippen LogP contribution >= 0.6 is 11.8 Å². The van der Waals surface area contributed by atoms with Crippen molar-refractivity contribution < 1.29 is 28.2 Å². The predicted molar refractivity (Wildman–Crippen MR) is 127 cm³/mol. The molecule has 4 rings (SSSR count). The fourth-order valence-corrected chi connectivity index (χ4v) is 5.60. The fourth-order valence-electron chi connectivity index (χ4n) is 5.07. The molecule has 0 aromatic heterocycles. The first-order valence-corrected chi connectivity index (χ1v) is 12.5. The zero-order chi connectivity index (χ0) is 24.5. The van der Waals surface area contributed by atoms with Crippen LogP contribution in [0.15, 0.2) is 48.5 Å². The van der Waals surface area contributed by atoms with Gasteiger partial charge in [0.05, 0.1) is 31.2 Å². The number of thioether (sulfide) groups is 1.